The maximum absolute atomic E-state index is 11.7. The first-order valence-electron chi connectivity index (χ1n) is 6.63. The van der Waals surface area contributed by atoms with Crippen LogP contribution >= 0.6 is 0 Å². The normalized spacial score (nSPS) is 11.0. The number of benzene rings is 1. The van der Waals surface area contributed by atoms with Crippen LogP contribution in [0.15, 0.2) is 24.5 Å². The second kappa shape index (κ2) is 4.73. The third-order valence-corrected chi connectivity index (χ3v) is 3.70. The smallest absolute Gasteiger partial charge is 0.254 e. The zero-order chi connectivity index (χ0) is 16.0. The van der Waals surface area contributed by atoms with Gasteiger partial charge in [0.15, 0.2) is 5.65 Å². The molecule has 7 nitrogen and oxygen atoms in total. The SMILES string of the molecule is Cc1ccc(O)c(C)c1-n1c(N)c(C(N)=O)c2nccnc21. The Morgan fingerprint density at radius 3 is 2.59 bits per heavy atom. The molecule has 0 bridgehead atoms. The highest BCUT2D eigenvalue weighted by atomic mass is 16.3. The summed E-state index contributed by atoms with van der Waals surface area (Å²) in [5.41, 5.74) is 14.6. The number of hydrogen-bond donors (Lipinski definition) is 3. The van der Waals surface area contributed by atoms with Gasteiger partial charge in [0.1, 0.15) is 22.6 Å². The second-order valence-corrected chi connectivity index (χ2v) is 5.06. The van der Waals surface area contributed by atoms with Crippen molar-refractivity contribution in [1.82, 2.24) is 14.5 Å². The van der Waals surface area contributed by atoms with Crippen molar-refractivity contribution < 1.29 is 9.90 Å². The number of rotatable bonds is 2. The molecule has 7 heteroatoms. The molecule has 0 atom stereocenters. The molecule has 1 aromatic carbocycles. The first-order valence-corrected chi connectivity index (χ1v) is 6.63. The molecule has 0 radical (unpaired) electrons. The molecule has 0 unspecified atom stereocenters. The third kappa shape index (κ3) is 1.79. The Kier molecular flexibility index (Phi) is 2.98. The van der Waals surface area contributed by atoms with Gasteiger partial charge in [-0.3, -0.25) is 14.3 Å². The summed E-state index contributed by atoms with van der Waals surface area (Å²) in [5, 5.41) is 9.98. The highest BCUT2D eigenvalue weighted by molar-refractivity contribution is 6.09. The number of aromatic hydroxyl groups is 1. The van der Waals surface area contributed by atoms with Gasteiger partial charge in [0.25, 0.3) is 5.91 Å². The second-order valence-electron chi connectivity index (χ2n) is 5.06. The van der Waals surface area contributed by atoms with E-state index in [1.165, 1.54) is 12.4 Å². The van der Waals surface area contributed by atoms with Crippen LogP contribution in [0.4, 0.5) is 5.82 Å². The van der Waals surface area contributed by atoms with Crippen molar-refractivity contribution in [3.05, 3.63) is 41.2 Å². The minimum atomic E-state index is -0.669. The average molecular weight is 297 g/mol. The van der Waals surface area contributed by atoms with E-state index in [1.54, 1.807) is 23.6 Å². The summed E-state index contributed by atoms with van der Waals surface area (Å²) in [6.07, 6.45) is 2.98. The molecule has 2 aromatic heterocycles. The lowest BCUT2D eigenvalue weighted by Gasteiger charge is -2.15. The number of aromatic nitrogens is 3. The van der Waals surface area contributed by atoms with E-state index in [-0.39, 0.29) is 17.1 Å². The molecule has 22 heavy (non-hydrogen) atoms. The van der Waals surface area contributed by atoms with Crippen LogP contribution in [0.3, 0.4) is 0 Å². The van der Waals surface area contributed by atoms with Gasteiger partial charge in [-0.2, -0.15) is 0 Å². The fourth-order valence-electron chi connectivity index (χ4n) is 2.66. The van der Waals surface area contributed by atoms with Crippen LogP contribution in [0.2, 0.25) is 0 Å². The van der Waals surface area contributed by atoms with Crippen molar-refractivity contribution in [3.63, 3.8) is 0 Å². The number of anilines is 1. The first-order chi connectivity index (χ1) is 10.4. The van der Waals surface area contributed by atoms with Crippen LogP contribution in [0.25, 0.3) is 16.9 Å². The molecule has 0 spiro atoms. The standard InChI is InChI=1S/C15H15N5O2/c1-7-3-4-9(21)8(2)12(7)20-13(16)10(14(17)22)11-15(20)19-6-5-18-11/h3-6,21H,16H2,1-2H3,(H2,17,22). The lowest BCUT2D eigenvalue weighted by molar-refractivity contribution is 0.100. The minimum absolute atomic E-state index is 0.130. The van der Waals surface area contributed by atoms with Gasteiger partial charge in [-0.15, -0.1) is 0 Å². The molecule has 0 saturated heterocycles. The summed E-state index contributed by atoms with van der Waals surface area (Å²) in [6, 6.07) is 3.37. The zero-order valence-corrected chi connectivity index (χ0v) is 12.2. The predicted octanol–water partition coefficient (Wildman–Crippen LogP) is 1.42. The zero-order valence-electron chi connectivity index (χ0n) is 12.2. The van der Waals surface area contributed by atoms with E-state index in [1.807, 2.05) is 6.92 Å². The van der Waals surface area contributed by atoms with Crippen LogP contribution in [0.1, 0.15) is 21.5 Å². The van der Waals surface area contributed by atoms with E-state index in [0.717, 1.165) is 5.56 Å². The lowest BCUT2D eigenvalue weighted by Crippen LogP contribution is -2.14. The molecule has 3 aromatic rings. The molecule has 3 rings (SSSR count). The van der Waals surface area contributed by atoms with Crippen LogP contribution in [-0.4, -0.2) is 25.5 Å². The fraction of sp³-hybridized carbons (Fsp3) is 0.133. The molecular formula is C15H15N5O2. The lowest BCUT2D eigenvalue weighted by atomic mass is 10.1. The van der Waals surface area contributed by atoms with Crippen LogP contribution in [-0.2, 0) is 0 Å². The van der Waals surface area contributed by atoms with Crippen LogP contribution < -0.4 is 11.5 Å². The monoisotopic (exact) mass is 297 g/mol. The number of nitrogen functional groups attached to an aromatic ring is 1. The van der Waals surface area contributed by atoms with Crippen molar-refractivity contribution >= 4 is 22.9 Å². The minimum Gasteiger partial charge on any atom is -0.508 e. The van der Waals surface area contributed by atoms with Crippen molar-refractivity contribution in [3.8, 4) is 11.4 Å². The van der Waals surface area contributed by atoms with Gasteiger partial charge < -0.3 is 16.6 Å². The number of aryl methyl sites for hydroxylation is 1. The Bertz CT molecular complexity index is 914. The Labute approximate surface area is 126 Å². The number of carbonyl (C=O) groups excluding carboxylic acids is 1. The Morgan fingerprint density at radius 2 is 1.91 bits per heavy atom. The van der Waals surface area contributed by atoms with Crippen molar-refractivity contribution in [2.75, 3.05) is 5.73 Å². The highest BCUT2D eigenvalue weighted by Gasteiger charge is 2.24. The van der Waals surface area contributed by atoms with E-state index in [9.17, 15) is 9.90 Å². The number of primary amides is 1. The number of hydrogen-bond acceptors (Lipinski definition) is 5. The number of carbonyl (C=O) groups is 1. The summed E-state index contributed by atoms with van der Waals surface area (Å²) in [4.78, 5) is 20.2. The number of amides is 1. The molecule has 0 aliphatic carbocycles. The molecule has 5 N–H and O–H groups in total. The van der Waals surface area contributed by atoms with Crippen LogP contribution in [0, 0.1) is 13.8 Å². The van der Waals surface area contributed by atoms with E-state index in [0.29, 0.717) is 22.4 Å². The maximum atomic E-state index is 11.7. The number of nitrogens with zero attached hydrogens (tertiary/aromatic N) is 3. The van der Waals surface area contributed by atoms with E-state index in [2.05, 4.69) is 9.97 Å². The number of fused-ring (bicyclic) bond motifs is 1. The number of phenolic OH excluding ortho intramolecular Hbond substituents is 1. The fourth-order valence-corrected chi connectivity index (χ4v) is 2.66. The van der Waals surface area contributed by atoms with E-state index in [4.69, 9.17) is 11.5 Å². The van der Waals surface area contributed by atoms with Gasteiger partial charge in [-0.1, -0.05) is 6.07 Å². The van der Waals surface area contributed by atoms with Crippen LogP contribution in [0.5, 0.6) is 5.75 Å². The molecular weight excluding hydrogens is 282 g/mol. The van der Waals surface area contributed by atoms with Crippen molar-refractivity contribution in [2.24, 2.45) is 5.73 Å². The third-order valence-electron chi connectivity index (χ3n) is 3.70. The molecule has 2 heterocycles. The highest BCUT2D eigenvalue weighted by Crippen LogP contribution is 2.34. The van der Waals surface area contributed by atoms with Gasteiger partial charge >= 0.3 is 0 Å². The van der Waals surface area contributed by atoms with E-state index < -0.39 is 5.91 Å². The van der Waals surface area contributed by atoms with Gasteiger partial charge in [0, 0.05) is 18.0 Å². The van der Waals surface area contributed by atoms with Crippen molar-refractivity contribution in [2.45, 2.75) is 13.8 Å². The number of phenols is 1. The topological polar surface area (TPSA) is 120 Å². The first kappa shape index (κ1) is 13.9. The van der Waals surface area contributed by atoms with Gasteiger partial charge in [0.05, 0.1) is 5.69 Å². The van der Waals surface area contributed by atoms with Crippen molar-refractivity contribution in [1.29, 1.82) is 0 Å². The summed E-state index contributed by atoms with van der Waals surface area (Å²) in [5.74, 6) is -0.380. The summed E-state index contributed by atoms with van der Waals surface area (Å²) in [6.45, 7) is 3.65. The number of nitrogens with two attached hydrogens (primary N) is 2. The van der Waals surface area contributed by atoms with E-state index >= 15 is 0 Å². The molecule has 1 amide bonds. The molecule has 0 aliphatic heterocycles. The Balaban J connectivity index is 2.51. The van der Waals surface area contributed by atoms with Gasteiger partial charge in [-0.25, -0.2) is 4.98 Å². The predicted molar refractivity (Wildman–Crippen MR) is 82.9 cm³/mol. The molecule has 0 fully saturated rings. The largest absolute Gasteiger partial charge is 0.508 e. The summed E-state index contributed by atoms with van der Waals surface area (Å²) >= 11 is 0. The molecule has 112 valence electrons. The average Bonchev–Trinajstić information content (AvgIpc) is 2.76. The Hall–Kier alpha value is -3.09. The Morgan fingerprint density at radius 1 is 1.23 bits per heavy atom. The quantitative estimate of drug-likeness (QED) is 0.660. The molecule has 0 aliphatic rings. The maximum Gasteiger partial charge on any atom is 0.254 e. The summed E-state index contributed by atoms with van der Waals surface area (Å²) in [7, 11) is 0. The molecule has 0 saturated carbocycles. The summed E-state index contributed by atoms with van der Waals surface area (Å²) < 4.78 is 1.60. The van der Waals surface area contributed by atoms with Gasteiger partial charge in [-0.05, 0) is 25.5 Å². The van der Waals surface area contributed by atoms with Gasteiger partial charge in [0.2, 0.25) is 0 Å².